The highest BCUT2D eigenvalue weighted by Gasteiger charge is 2.25. The number of amides is 1. The molecule has 0 aliphatic heterocycles. The number of ether oxygens (including phenoxy) is 1. The van der Waals surface area contributed by atoms with Gasteiger partial charge in [-0.15, -0.1) is 11.3 Å². The lowest BCUT2D eigenvalue weighted by atomic mass is 10.0. The summed E-state index contributed by atoms with van der Waals surface area (Å²) < 4.78 is 5.52. The van der Waals surface area contributed by atoms with Gasteiger partial charge < -0.3 is 15.0 Å². The molecule has 0 bridgehead atoms. The van der Waals surface area contributed by atoms with Gasteiger partial charge in [-0.2, -0.15) is 0 Å². The zero-order valence-electron chi connectivity index (χ0n) is 17.9. The fourth-order valence-corrected chi connectivity index (χ4v) is 4.13. The number of methoxy groups -OCH3 is 1. The number of hydrogen-bond donors (Lipinski definition) is 1. The number of carbonyl (C=O) groups excluding carboxylic acids is 1. The Balaban J connectivity index is 1.61. The van der Waals surface area contributed by atoms with Crippen LogP contribution in [0.3, 0.4) is 0 Å². The smallest absolute Gasteiger partial charge is 0.247 e. The average Bonchev–Trinajstić information content (AvgIpc) is 3.38. The number of anilines is 2. The molecule has 32 heavy (non-hydrogen) atoms. The molecule has 0 saturated carbocycles. The molecule has 4 aromatic rings. The first kappa shape index (κ1) is 21.5. The topological polar surface area (TPSA) is 67.3 Å². The monoisotopic (exact) mass is 444 g/mol. The number of thiazole rings is 1. The van der Waals surface area contributed by atoms with E-state index >= 15 is 0 Å². The number of nitrogens with zero attached hydrogens (tertiary/aromatic N) is 3. The van der Waals surface area contributed by atoms with Crippen molar-refractivity contribution < 1.29 is 9.53 Å². The lowest BCUT2D eigenvalue weighted by Gasteiger charge is -2.27. The maximum Gasteiger partial charge on any atom is 0.247 e. The predicted molar refractivity (Wildman–Crippen MR) is 129 cm³/mol. The second-order valence-electron chi connectivity index (χ2n) is 7.30. The summed E-state index contributed by atoms with van der Waals surface area (Å²) >= 11 is 1.51. The van der Waals surface area contributed by atoms with Crippen molar-refractivity contribution in [2.75, 3.05) is 24.4 Å². The highest BCUT2D eigenvalue weighted by atomic mass is 32.1. The molecular formula is C25H24N4O2S. The lowest BCUT2D eigenvalue weighted by Crippen LogP contribution is -2.43. The average molecular weight is 445 g/mol. The molecule has 0 radical (unpaired) electrons. The van der Waals surface area contributed by atoms with E-state index < -0.39 is 6.04 Å². The normalized spacial score (nSPS) is 11.6. The fraction of sp³-hybridized carbons (Fsp3) is 0.160. The summed E-state index contributed by atoms with van der Waals surface area (Å²) in [5, 5.41) is 5.04. The van der Waals surface area contributed by atoms with Gasteiger partial charge in [0.25, 0.3) is 0 Å². The van der Waals surface area contributed by atoms with Crippen LogP contribution in [-0.4, -0.2) is 36.1 Å². The largest absolute Gasteiger partial charge is 0.496 e. The summed E-state index contributed by atoms with van der Waals surface area (Å²) in [6.07, 6.45) is 4.03. The van der Waals surface area contributed by atoms with Crippen molar-refractivity contribution in [3.8, 4) is 16.9 Å². The van der Waals surface area contributed by atoms with Crippen molar-refractivity contribution in [3.63, 3.8) is 0 Å². The van der Waals surface area contributed by atoms with E-state index in [1.165, 1.54) is 11.3 Å². The Labute approximate surface area is 191 Å². The Kier molecular flexibility index (Phi) is 6.77. The van der Waals surface area contributed by atoms with Crippen molar-refractivity contribution in [3.05, 3.63) is 89.5 Å². The SMILES string of the molecule is COc1ccc(NC(=O)[C@H](Cc2ccccc2)N(C)c2cscn2)cc1-c1ccncc1. The van der Waals surface area contributed by atoms with E-state index in [4.69, 9.17) is 4.74 Å². The molecule has 1 N–H and O–H groups in total. The third kappa shape index (κ3) is 4.95. The summed E-state index contributed by atoms with van der Waals surface area (Å²) in [6.45, 7) is 0. The van der Waals surface area contributed by atoms with Crippen LogP contribution in [0.1, 0.15) is 5.56 Å². The Hall–Kier alpha value is -3.71. The molecule has 7 heteroatoms. The molecule has 1 amide bonds. The molecule has 1 atom stereocenters. The molecule has 0 spiro atoms. The van der Waals surface area contributed by atoms with E-state index in [2.05, 4.69) is 15.3 Å². The van der Waals surface area contributed by atoms with E-state index in [1.54, 1.807) is 25.0 Å². The summed E-state index contributed by atoms with van der Waals surface area (Å²) in [7, 11) is 3.54. The zero-order chi connectivity index (χ0) is 22.3. The van der Waals surface area contributed by atoms with Gasteiger partial charge >= 0.3 is 0 Å². The van der Waals surface area contributed by atoms with Gasteiger partial charge in [-0.1, -0.05) is 30.3 Å². The van der Waals surface area contributed by atoms with Crippen molar-refractivity contribution in [2.45, 2.75) is 12.5 Å². The molecule has 162 valence electrons. The van der Waals surface area contributed by atoms with Crippen molar-refractivity contribution in [2.24, 2.45) is 0 Å². The molecule has 2 aromatic carbocycles. The molecule has 0 aliphatic rings. The van der Waals surface area contributed by atoms with Crippen molar-refractivity contribution in [1.29, 1.82) is 0 Å². The maximum atomic E-state index is 13.4. The van der Waals surface area contributed by atoms with Gasteiger partial charge in [0.05, 0.1) is 12.6 Å². The number of rotatable bonds is 8. The van der Waals surface area contributed by atoms with E-state index in [0.717, 1.165) is 28.3 Å². The Morgan fingerprint density at radius 3 is 2.59 bits per heavy atom. The van der Waals surface area contributed by atoms with Crippen LogP contribution < -0.4 is 15.0 Å². The van der Waals surface area contributed by atoms with Crippen LogP contribution in [0, 0.1) is 0 Å². The van der Waals surface area contributed by atoms with E-state index in [-0.39, 0.29) is 5.91 Å². The van der Waals surface area contributed by atoms with E-state index in [9.17, 15) is 4.79 Å². The minimum absolute atomic E-state index is 0.102. The summed E-state index contributed by atoms with van der Waals surface area (Å²) in [5.41, 5.74) is 5.41. The minimum atomic E-state index is -0.425. The number of likely N-dealkylation sites (N-methyl/N-ethyl adjacent to an activating group) is 1. The van der Waals surface area contributed by atoms with Crippen molar-refractivity contribution >= 4 is 28.7 Å². The zero-order valence-corrected chi connectivity index (χ0v) is 18.8. The van der Waals surface area contributed by atoms with Gasteiger partial charge in [0, 0.05) is 42.5 Å². The second kappa shape index (κ2) is 10.1. The third-order valence-electron chi connectivity index (χ3n) is 5.28. The van der Waals surface area contributed by atoms with E-state index in [0.29, 0.717) is 12.1 Å². The minimum Gasteiger partial charge on any atom is -0.496 e. The van der Waals surface area contributed by atoms with Gasteiger partial charge in [-0.25, -0.2) is 4.98 Å². The Morgan fingerprint density at radius 1 is 1.12 bits per heavy atom. The number of aromatic nitrogens is 2. The van der Waals surface area contributed by atoms with Crippen LogP contribution in [0.15, 0.2) is 83.9 Å². The highest BCUT2D eigenvalue weighted by Crippen LogP contribution is 2.32. The fourth-order valence-electron chi connectivity index (χ4n) is 3.55. The van der Waals surface area contributed by atoms with Crippen molar-refractivity contribution in [1.82, 2.24) is 9.97 Å². The van der Waals surface area contributed by atoms with Crippen LogP contribution in [0.2, 0.25) is 0 Å². The highest BCUT2D eigenvalue weighted by molar-refractivity contribution is 7.07. The van der Waals surface area contributed by atoms with Crippen LogP contribution in [0.4, 0.5) is 11.5 Å². The van der Waals surface area contributed by atoms with Gasteiger partial charge in [-0.05, 0) is 41.5 Å². The molecule has 2 heterocycles. The molecule has 2 aromatic heterocycles. The molecule has 0 saturated heterocycles. The number of carbonyl (C=O) groups is 1. The summed E-state index contributed by atoms with van der Waals surface area (Å²) in [5.74, 6) is 1.41. The molecule has 4 rings (SSSR count). The van der Waals surface area contributed by atoms with Crippen LogP contribution in [-0.2, 0) is 11.2 Å². The molecule has 0 aliphatic carbocycles. The van der Waals surface area contributed by atoms with Gasteiger partial charge in [-0.3, -0.25) is 9.78 Å². The first-order valence-electron chi connectivity index (χ1n) is 10.2. The van der Waals surface area contributed by atoms with Gasteiger partial charge in [0.2, 0.25) is 5.91 Å². The van der Waals surface area contributed by atoms with E-state index in [1.807, 2.05) is 78.0 Å². The summed E-state index contributed by atoms with van der Waals surface area (Å²) in [6, 6.07) is 19.0. The standard InChI is InChI=1S/C25H24N4O2S/c1-29(24-16-32-17-27-24)22(14-18-6-4-3-5-7-18)25(30)28-20-8-9-23(31-2)21(15-20)19-10-12-26-13-11-19/h3-13,15-17,22H,14H2,1-2H3,(H,28,30)/t22-/m0/s1. The Morgan fingerprint density at radius 2 is 1.91 bits per heavy atom. The summed E-state index contributed by atoms with van der Waals surface area (Å²) in [4.78, 5) is 23.8. The van der Waals surface area contributed by atoms with Gasteiger partial charge in [0.15, 0.2) is 0 Å². The molecule has 0 unspecified atom stereocenters. The first-order chi connectivity index (χ1) is 15.7. The molecular weight excluding hydrogens is 420 g/mol. The number of pyridine rings is 1. The number of benzene rings is 2. The van der Waals surface area contributed by atoms with Gasteiger partial charge in [0.1, 0.15) is 17.6 Å². The third-order valence-corrected chi connectivity index (χ3v) is 5.86. The Bertz CT molecular complexity index is 1150. The molecule has 0 fully saturated rings. The predicted octanol–water partition coefficient (Wildman–Crippen LogP) is 4.90. The number of nitrogens with one attached hydrogen (secondary N) is 1. The number of hydrogen-bond acceptors (Lipinski definition) is 6. The van der Waals surface area contributed by atoms with Crippen LogP contribution >= 0.6 is 11.3 Å². The molecule has 6 nitrogen and oxygen atoms in total. The quantitative estimate of drug-likeness (QED) is 0.419. The van der Waals surface area contributed by atoms with Crippen LogP contribution in [0.25, 0.3) is 11.1 Å². The van der Waals surface area contributed by atoms with Crippen LogP contribution in [0.5, 0.6) is 5.75 Å². The maximum absolute atomic E-state index is 13.4. The lowest BCUT2D eigenvalue weighted by molar-refractivity contribution is -0.117. The first-order valence-corrected chi connectivity index (χ1v) is 11.1. The second-order valence-corrected chi connectivity index (χ2v) is 8.02.